The van der Waals surface area contributed by atoms with Crippen molar-refractivity contribution in [2.45, 2.75) is 18.7 Å². The van der Waals surface area contributed by atoms with Gasteiger partial charge in [0, 0.05) is 34.8 Å². The summed E-state index contributed by atoms with van der Waals surface area (Å²) < 4.78 is 33.2. The lowest BCUT2D eigenvalue weighted by Crippen LogP contribution is -2.15. The smallest absolute Gasteiger partial charge is 0.172 e. The average molecular weight is 329 g/mol. The zero-order valence-corrected chi connectivity index (χ0v) is 12.4. The Balaban J connectivity index is 1.84. The molecule has 0 spiro atoms. The predicted molar refractivity (Wildman–Crippen MR) is 83.5 cm³/mol. The average Bonchev–Trinajstić information content (AvgIpc) is 3.22. The van der Waals surface area contributed by atoms with Crippen molar-refractivity contribution in [2.75, 3.05) is 0 Å². The zero-order valence-electron chi connectivity index (χ0n) is 12.4. The molecule has 0 aromatic carbocycles. The summed E-state index contributed by atoms with van der Waals surface area (Å²) in [7, 11) is 0. The van der Waals surface area contributed by atoms with E-state index in [1.54, 1.807) is 24.5 Å². The predicted octanol–water partition coefficient (Wildman–Crippen LogP) is 3.56. The van der Waals surface area contributed by atoms with E-state index >= 15 is 0 Å². The number of H-pyrrole nitrogens is 1. The van der Waals surface area contributed by atoms with Gasteiger partial charge >= 0.3 is 0 Å². The number of aliphatic hydroxyl groups excluding tert-OH is 1. The second-order valence-corrected chi connectivity index (χ2v) is 5.57. The van der Waals surface area contributed by atoms with Crippen LogP contribution in [0.2, 0.25) is 0 Å². The number of nitrogens with one attached hydrogen (secondary N) is 1. The molecule has 1 aliphatic carbocycles. The fourth-order valence-electron chi connectivity index (χ4n) is 2.90. The molecule has 0 saturated carbocycles. The van der Waals surface area contributed by atoms with Crippen LogP contribution in [0.25, 0.3) is 22.4 Å². The fraction of sp³-hybridized carbons (Fsp3) is 0.176. The molecule has 3 aromatic rings. The summed E-state index contributed by atoms with van der Waals surface area (Å²) in [6.07, 6.45) is 7.03. The number of aliphatic hydroxyl groups is 1. The van der Waals surface area contributed by atoms with Gasteiger partial charge in [0.05, 0.1) is 12.8 Å². The number of aromatic amines is 1. The van der Waals surface area contributed by atoms with Crippen molar-refractivity contribution in [2.24, 2.45) is 0 Å². The van der Waals surface area contributed by atoms with Gasteiger partial charge in [-0.25, -0.2) is 13.8 Å². The Morgan fingerprint density at radius 2 is 2.21 bits per heavy atom. The second-order valence-electron chi connectivity index (χ2n) is 5.57. The van der Waals surface area contributed by atoms with Crippen LogP contribution in [0.1, 0.15) is 17.0 Å². The molecular formula is C17H13F2N3O2. The summed E-state index contributed by atoms with van der Waals surface area (Å²) in [6.45, 7) is -0.148. The molecule has 2 unspecified atom stereocenters. The minimum atomic E-state index is -1.77. The van der Waals surface area contributed by atoms with Crippen molar-refractivity contribution in [3.05, 3.63) is 59.8 Å². The van der Waals surface area contributed by atoms with Gasteiger partial charge in [0.25, 0.3) is 0 Å². The lowest BCUT2D eigenvalue weighted by atomic mass is 9.89. The van der Waals surface area contributed by atoms with Crippen LogP contribution in [0.3, 0.4) is 0 Å². The van der Waals surface area contributed by atoms with Crippen molar-refractivity contribution < 1.29 is 18.4 Å². The molecule has 0 saturated heterocycles. The lowest BCUT2D eigenvalue weighted by Gasteiger charge is -2.18. The maximum atomic E-state index is 14.2. The summed E-state index contributed by atoms with van der Waals surface area (Å²) in [5, 5.41) is 13.8. The number of allylic oxidation sites excluding steroid dienone is 4. The molecule has 4 rings (SSSR count). The monoisotopic (exact) mass is 329 g/mol. The molecule has 2 atom stereocenters. The van der Waals surface area contributed by atoms with E-state index in [0.29, 0.717) is 33.5 Å². The molecule has 0 radical (unpaired) electrons. The van der Waals surface area contributed by atoms with Gasteiger partial charge in [0.15, 0.2) is 11.9 Å². The molecule has 0 bridgehead atoms. The Morgan fingerprint density at radius 1 is 1.33 bits per heavy atom. The Morgan fingerprint density at radius 3 is 3.04 bits per heavy atom. The second kappa shape index (κ2) is 5.68. The first-order valence-corrected chi connectivity index (χ1v) is 7.39. The summed E-state index contributed by atoms with van der Waals surface area (Å²) in [5.74, 6) is -1.28. The standard InChI is InChI=1S/C17H13F2N3O2/c18-14-3-1-2-10(15(14)19)13-7-22-24-16(13)12-6-21-17-11(12)4-9(8-23)5-20-17/h1-7,10,15,23H,8H2,(H,20,21). The quantitative estimate of drug-likeness (QED) is 0.770. The molecule has 24 heavy (non-hydrogen) atoms. The number of hydrogen-bond donors (Lipinski definition) is 2. The minimum Gasteiger partial charge on any atom is -0.392 e. The van der Waals surface area contributed by atoms with Gasteiger partial charge in [0.2, 0.25) is 0 Å². The van der Waals surface area contributed by atoms with Crippen LogP contribution in [0.15, 0.2) is 53.2 Å². The highest BCUT2D eigenvalue weighted by atomic mass is 19.2. The van der Waals surface area contributed by atoms with Crippen molar-refractivity contribution in [3.8, 4) is 11.3 Å². The highest BCUT2D eigenvalue weighted by Gasteiger charge is 2.31. The van der Waals surface area contributed by atoms with Crippen LogP contribution < -0.4 is 0 Å². The van der Waals surface area contributed by atoms with Crippen LogP contribution >= 0.6 is 0 Å². The molecule has 1 aliphatic rings. The Labute approximate surface area is 135 Å². The lowest BCUT2D eigenvalue weighted by molar-refractivity contribution is 0.281. The summed E-state index contributed by atoms with van der Waals surface area (Å²) in [6, 6.07) is 1.77. The molecule has 0 amide bonds. The number of aromatic nitrogens is 3. The zero-order chi connectivity index (χ0) is 16.7. The Kier molecular flexibility index (Phi) is 3.50. The number of fused-ring (bicyclic) bond motifs is 1. The van der Waals surface area contributed by atoms with Gasteiger partial charge in [-0.15, -0.1) is 0 Å². The molecule has 7 heteroatoms. The largest absolute Gasteiger partial charge is 0.392 e. The topological polar surface area (TPSA) is 74.9 Å². The van der Waals surface area contributed by atoms with Gasteiger partial charge in [-0.05, 0) is 17.7 Å². The first-order chi connectivity index (χ1) is 11.7. The fourth-order valence-corrected chi connectivity index (χ4v) is 2.90. The number of alkyl halides is 1. The van der Waals surface area contributed by atoms with Crippen LogP contribution in [-0.2, 0) is 6.61 Å². The van der Waals surface area contributed by atoms with Crippen LogP contribution in [0, 0.1) is 0 Å². The summed E-state index contributed by atoms with van der Waals surface area (Å²) in [5.41, 5.74) is 2.33. The van der Waals surface area contributed by atoms with E-state index < -0.39 is 17.9 Å². The van der Waals surface area contributed by atoms with Gasteiger partial charge < -0.3 is 14.6 Å². The highest BCUT2D eigenvalue weighted by Crippen LogP contribution is 2.39. The molecule has 0 fully saturated rings. The minimum absolute atomic E-state index is 0.148. The van der Waals surface area contributed by atoms with Gasteiger partial charge in [-0.2, -0.15) is 0 Å². The van der Waals surface area contributed by atoms with E-state index in [1.807, 2.05) is 0 Å². The maximum absolute atomic E-state index is 14.2. The van der Waals surface area contributed by atoms with Crippen molar-refractivity contribution in [1.82, 2.24) is 15.1 Å². The summed E-state index contributed by atoms with van der Waals surface area (Å²) >= 11 is 0. The Bertz CT molecular complexity index is 958. The maximum Gasteiger partial charge on any atom is 0.172 e. The van der Waals surface area contributed by atoms with E-state index in [2.05, 4.69) is 15.1 Å². The number of rotatable bonds is 3. The van der Waals surface area contributed by atoms with E-state index in [0.717, 1.165) is 6.08 Å². The van der Waals surface area contributed by atoms with Crippen molar-refractivity contribution in [3.63, 3.8) is 0 Å². The first kappa shape index (κ1) is 14.8. The molecule has 5 nitrogen and oxygen atoms in total. The van der Waals surface area contributed by atoms with E-state index in [-0.39, 0.29) is 6.61 Å². The Hall–Kier alpha value is -2.80. The molecular weight excluding hydrogens is 316 g/mol. The third-order valence-corrected chi connectivity index (χ3v) is 4.12. The third kappa shape index (κ3) is 2.25. The van der Waals surface area contributed by atoms with Crippen LogP contribution in [0.5, 0.6) is 0 Å². The van der Waals surface area contributed by atoms with Crippen molar-refractivity contribution in [1.29, 1.82) is 0 Å². The highest BCUT2D eigenvalue weighted by molar-refractivity contribution is 5.93. The molecule has 122 valence electrons. The normalized spacial score (nSPS) is 20.5. The van der Waals surface area contributed by atoms with Gasteiger partial charge in [-0.1, -0.05) is 17.3 Å². The molecule has 0 aliphatic heterocycles. The number of hydrogen-bond acceptors (Lipinski definition) is 4. The van der Waals surface area contributed by atoms with E-state index in [9.17, 15) is 13.9 Å². The van der Waals surface area contributed by atoms with Gasteiger partial charge in [0.1, 0.15) is 11.5 Å². The van der Waals surface area contributed by atoms with Gasteiger partial charge in [-0.3, -0.25) is 0 Å². The van der Waals surface area contributed by atoms with Crippen LogP contribution in [0.4, 0.5) is 8.78 Å². The van der Waals surface area contributed by atoms with E-state index in [4.69, 9.17) is 4.52 Å². The molecule has 2 N–H and O–H groups in total. The van der Waals surface area contributed by atoms with Crippen LogP contribution in [-0.4, -0.2) is 26.4 Å². The third-order valence-electron chi connectivity index (χ3n) is 4.12. The summed E-state index contributed by atoms with van der Waals surface area (Å²) in [4.78, 5) is 7.22. The van der Waals surface area contributed by atoms with E-state index in [1.165, 1.54) is 12.3 Å². The number of halogens is 2. The molecule has 3 heterocycles. The molecule has 3 aromatic heterocycles. The first-order valence-electron chi connectivity index (χ1n) is 7.39. The SMILES string of the molecule is OCc1cnc2[nH]cc(-c3oncc3C3C=CC=C(F)C3F)c2c1. The number of pyridine rings is 1. The number of nitrogens with zero attached hydrogens (tertiary/aromatic N) is 2. The van der Waals surface area contributed by atoms with Crippen molar-refractivity contribution >= 4 is 11.0 Å².